The normalized spacial score (nSPS) is 12.7. The quantitative estimate of drug-likeness (QED) is 0.679. The third-order valence-electron chi connectivity index (χ3n) is 3.23. The number of nitrogens with one attached hydrogen (secondary N) is 3. The van der Waals surface area contributed by atoms with Gasteiger partial charge in [-0.05, 0) is 46.6 Å². The molecule has 0 saturated carbocycles. The number of benzene rings is 1. The first kappa shape index (κ1) is 13.1. The summed E-state index contributed by atoms with van der Waals surface area (Å²) in [6.07, 6.45) is 2.56. The summed E-state index contributed by atoms with van der Waals surface area (Å²) >= 11 is 3.52. The van der Waals surface area contributed by atoms with Crippen LogP contribution in [0.2, 0.25) is 0 Å². The number of rotatable bonds is 4. The molecule has 2 heterocycles. The lowest BCUT2D eigenvalue weighted by molar-refractivity contribution is 0.474. The van der Waals surface area contributed by atoms with E-state index in [1.165, 1.54) is 0 Å². The van der Waals surface area contributed by atoms with Gasteiger partial charge >= 0.3 is 5.69 Å². The third kappa shape index (κ3) is 2.38. The third-order valence-corrected chi connectivity index (χ3v) is 3.88. The lowest BCUT2D eigenvalue weighted by atomic mass is 10.1. The van der Waals surface area contributed by atoms with Crippen LogP contribution in [0.3, 0.4) is 0 Å². The molecule has 1 atom stereocenters. The van der Waals surface area contributed by atoms with Crippen LogP contribution < -0.4 is 11.0 Å². The molecule has 0 saturated heterocycles. The van der Waals surface area contributed by atoms with Gasteiger partial charge in [-0.3, -0.25) is 0 Å². The van der Waals surface area contributed by atoms with Crippen molar-refractivity contribution in [1.82, 2.24) is 9.97 Å². The number of furan rings is 1. The van der Waals surface area contributed by atoms with E-state index in [0.29, 0.717) is 0 Å². The van der Waals surface area contributed by atoms with Crippen LogP contribution in [0.5, 0.6) is 0 Å². The van der Waals surface area contributed by atoms with Gasteiger partial charge in [0.1, 0.15) is 5.76 Å². The number of aromatic nitrogens is 2. The van der Waals surface area contributed by atoms with Gasteiger partial charge in [0.25, 0.3) is 0 Å². The molecular formula is C14H14BrN3O2. The molecule has 1 aromatic carbocycles. The van der Waals surface area contributed by atoms with Crippen molar-refractivity contribution in [2.75, 3.05) is 5.32 Å². The minimum absolute atomic E-state index is 0.0874. The number of aromatic amines is 2. The Morgan fingerprint density at radius 3 is 2.75 bits per heavy atom. The highest BCUT2D eigenvalue weighted by molar-refractivity contribution is 9.10. The van der Waals surface area contributed by atoms with E-state index in [2.05, 4.69) is 38.1 Å². The molecule has 0 spiro atoms. The van der Waals surface area contributed by atoms with Crippen molar-refractivity contribution in [1.29, 1.82) is 0 Å². The fourth-order valence-electron chi connectivity index (χ4n) is 2.22. The Labute approximate surface area is 123 Å². The molecular weight excluding hydrogens is 322 g/mol. The van der Waals surface area contributed by atoms with Crippen molar-refractivity contribution in [2.24, 2.45) is 0 Å². The van der Waals surface area contributed by atoms with Crippen LogP contribution in [0.4, 0.5) is 5.69 Å². The highest BCUT2D eigenvalue weighted by Crippen LogP contribution is 2.30. The largest absolute Gasteiger partial charge is 0.467 e. The minimum Gasteiger partial charge on any atom is -0.467 e. The van der Waals surface area contributed by atoms with E-state index in [1.807, 2.05) is 24.3 Å². The fourth-order valence-corrected chi connectivity index (χ4v) is 2.68. The van der Waals surface area contributed by atoms with Crippen molar-refractivity contribution in [3.05, 3.63) is 51.2 Å². The second kappa shape index (κ2) is 5.20. The van der Waals surface area contributed by atoms with E-state index in [1.54, 1.807) is 6.26 Å². The van der Waals surface area contributed by atoms with Crippen molar-refractivity contribution >= 4 is 32.7 Å². The minimum atomic E-state index is -0.206. The summed E-state index contributed by atoms with van der Waals surface area (Å²) in [4.78, 5) is 16.8. The van der Waals surface area contributed by atoms with Gasteiger partial charge in [-0.25, -0.2) is 4.79 Å². The molecule has 20 heavy (non-hydrogen) atoms. The first-order chi connectivity index (χ1) is 9.67. The molecule has 6 heteroatoms. The van der Waals surface area contributed by atoms with Gasteiger partial charge in [-0.2, -0.15) is 0 Å². The van der Waals surface area contributed by atoms with Crippen LogP contribution >= 0.6 is 15.9 Å². The molecule has 0 aliphatic heterocycles. The maximum Gasteiger partial charge on any atom is 0.323 e. The van der Waals surface area contributed by atoms with Gasteiger partial charge in [0.2, 0.25) is 0 Å². The van der Waals surface area contributed by atoms with Crippen molar-refractivity contribution < 1.29 is 4.42 Å². The number of fused-ring (bicyclic) bond motifs is 1. The Morgan fingerprint density at radius 2 is 2.10 bits per heavy atom. The van der Waals surface area contributed by atoms with Gasteiger partial charge in [-0.1, -0.05) is 6.92 Å². The van der Waals surface area contributed by atoms with Crippen LogP contribution in [0, 0.1) is 0 Å². The predicted octanol–water partition coefficient (Wildman–Crippen LogP) is 3.77. The van der Waals surface area contributed by atoms with E-state index in [0.717, 1.165) is 33.4 Å². The van der Waals surface area contributed by atoms with E-state index < -0.39 is 0 Å². The Balaban J connectivity index is 1.97. The maximum atomic E-state index is 11.3. The van der Waals surface area contributed by atoms with E-state index in [-0.39, 0.29) is 11.7 Å². The van der Waals surface area contributed by atoms with E-state index >= 15 is 0 Å². The zero-order valence-corrected chi connectivity index (χ0v) is 12.5. The standard InChI is InChI=1S/C14H14BrN3O2/c1-2-9(13-4-3-5-20-13)16-10-7-12-11(6-8(10)15)17-14(19)18-12/h3-7,9,16H,2H2,1H3,(H2,17,18,19). The Morgan fingerprint density at radius 1 is 1.35 bits per heavy atom. The average molecular weight is 336 g/mol. The van der Waals surface area contributed by atoms with Crippen LogP contribution in [0.15, 0.2) is 44.2 Å². The molecule has 0 aliphatic rings. The smallest absolute Gasteiger partial charge is 0.323 e. The number of H-pyrrole nitrogens is 2. The number of halogens is 1. The Kier molecular flexibility index (Phi) is 3.40. The number of anilines is 1. The first-order valence-corrected chi connectivity index (χ1v) is 7.18. The van der Waals surface area contributed by atoms with Crippen molar-refractivity contribution in [3.63, 3.8) is 0 Å². The van der Waals surface area contributed by atoms with Crippen molar-refractivity contribution in [3.8, 4) is 0 Å². The number of hydrogen-bond donors (Lipinski definition) is 3. The zero-order chi connectivity index (χ0) is 14.1. The van der Waals surface area contributed by atoms with Gasteiger partial charge in [-0.15, -0.1) is 0 Å². The Bertz CT molecular complexity index is 773. The highest BCUT2D eigenvalue weighted by Gasteiger charge is 2.14. The summed E-state index contributed by atoms with van der Waals surface area (Å²) < 4.78 is 6.34. The summed E-state index contributed by atoms with van der Waals surface area (Å²) in [6.45, 7) is 2.09. The molecule has 5 nitrogen and oxygen atoms in total. The molecule has 0 aliphatic carbocycles. The second-order valence-electron chi connectivity index (χ2n) is 4.58. The molecule has 3 rings (SSSR count). The second-order valence-corrected chi connectivity index (χ2v) is 5.43. The first-order valence-electron chi connectivity index (χ1n) is 6.39. The SMILES string of the molecule is CCC(Nc1cc2[nH]c(=O)[nH]c2cc1Br)c1ccco1. The Hall–Kier alpha value is -1.95. The maximum absolute atomic E-state index is 11.3. The van der Waals surface area contributed by atoms with Gasteiger partial charge in [0.05, 0.1) is 29.0 Å². The molecule has 3 aromatic rings. The van der Waals surface area contributed by atoms with Gasteiger partial charge in [0.15, 0.2) is 0 Å². The molecule has 0 amide bonds. The zero-order valence-electron chi connectivity index (χ0n) is 10.9. The lowest BCUT2D eigenvalue weighted by Crippen LogP contribution is -2.09. The van der Waals surface area contributed by atoms with E-state index in [9.17, 15) is 4.79 Å². The topological polar surface area (TPSA) is 73.8 Å². The highest BCUT2D eigenvalue weighted by atomic mass is 79.9. The number of imidazole rings is 1. The molecule has 0 radical (unpaired) electrons. The number of hydrogen-bond acceptors (Lipinski definition) is 3. The van der Waals surface area contributed by atoms with Gasteiger partial charge < -0.3 is 19.7 Å². The summed E-state index contributed by atoms with van der Waals surface area (Å²) in [6, 6.07) is 7.70. The summed E-state index contributed by atoms with van der Waals surface area (Å²) in [7, 11) is 0. The van der Waals surface area contributed by atoms with Crippen LogP contribution in [0.1, 0.15) is 25.1 Å². The lowest BCUT2D eigenvalue weighted by Gasteiger charge is -2.17. The molecule has 0 bridgehead atoms. The monoisotopic (exact) mass is 335 g/mol. The molecule has 0 fully saturated rings. The van der Waals surface area contributed by atoms with Crippen LogP contribution in [-0.2, 0) is 0 Å². The summed E-state index contributed by atoms with van der Waals surface area (Å²) in [5, 5.41) is 3.42. The average Bonchev–Trinajstić information content (AvgIpc) is 3.04. The fraction of sp³-hybridized carbons (Fsp3) is 0.214. The van der Waals surface area contributed by atoms with Gasteiger partial charge in [0, 0.05) is 4.47 Å². The summed E-state index contributed by atoms with van der Waals surface area (Å²) in [5.74, 6) is 0.891. The molecule has 104 valence electrons. The van der Waals surface area contributed by atoms with Crippen molar-refractivity contribution in [2.45, 2.75) is 19.4 Å². The van der Waals surface area contributed by atoms with Crippen LogP contribution in [-0.4, -0.2) is 9.97 Å². The predicted molar refractivity (Wildman–Crippen MR) is 82.0 cm³/mol. The molecule has 1 unspecified atom stereocenters. The molecule has 3 N–H and O–H groups in total. The molecule has 2 aromatic heterocycles. The van der Waals surface area contributed by atoms with E-state index in [4.69, 9.17) is 4.42 Å². The van der Waals surface area contributed by atoms with Crippen LogP contribution in [0.25, 0.3) is 11.0 Å². The summed E-state index contributed by atoms with van der Waals surface area (Å²) in [5.41, 5.74) is 2.26.